The first-order chi connectivity index (χ1) is 16.2. The summed E-state index contributed by atoms with van der Waals surface area (Å²) in [5, 5.41) is 11.1. The molecule has 2 aliphatic rings. The van der Waals surface area contributed by atoms with Crippen LogP contribution in [0.3, 0.4) is 0 Å². The van der Waals surface area contributed by atoms with Crippen molar-refractivity contribution in [1.29, 1.82) is 0 Å². The monoisotopic (exact) mass is 458 g/mol. The van der Waals surface area contributed by atoms with Gasteiger partial charge in [-0.05, 0) is 66.1 Å². The number of phenolic OH excluding ortho intramolecular Hbond substituents is 1. The van der Waals surface area contributed by atoms with E-state index < -0.39 is 7.14 Å². The molecule has 2 saturated carbocycles. The molecule has 172 valence electrons. The second kappa shape index (κ2) is 9.90. The van der Waals surface area contributed by atoms with Gasteiger partial charge in [-0.15, -0.1) is 0 Å². The molecule has 2 aliphatic carbocycles. The Balaban J connectivity index is 1.61. The molecule has 2 fully saturated rings. The van der Waals surface area contributed by atoms with Crippen molar-refractivity contribution in [3.8, 4) is 28.0 Å². The molecule has 0 atom stereocenters. The van der Waals surface area contributed by atoms with Gasteiger partial charge < -0.3 is 9.67 Å². The molecule has 0 heterocycles. The number of phenols is 1. The minimum atomic E-state index is -2.56. The molecule has 3 aromatic rings. The molecule has 2 nitrogen and oxygen atoms in total. The summed E-state index contributed by atoms with van der Waals surface area (Å²) in [5.74, 6) is 0.275. The molecule has 0 radical (unpaired) electrons. The van der Waals surface area contributed by atoms with Crippen LogP contribution in [-0.4, -0.2) is 16.4 Å². The number of benzene rings is 3. The average Bonchev–Trinajstić information content (AvgIpc) is 2.89. The van der Waals surface area contributed by atoms with Gasteiger partial charge in [0, 0.05) is 16.6 Å². The maximum Gasteiger partial charge on any atom is 0.122 e. The van der Waals surface area contributed by atoms with E-state index in [0.717, 1.165) is 53.2 Å². The summed E-state index contributed by atoms with van der Waals surface area (Å²) in [7, 11) is -2.56. The average molecular weight is 459 g/mol. The van der Waals surface area contributed by atoms with E-state index in [1.807, 2.05) is 12.1 Å². The van der Waals surface area contributed by atoms with Gasteiger partial charge in [-0.1, -0.05) is 93.1 Å². The SMILES string of the molecule is O=P(c1ccccc1-c1cccc(-c2cccc(O)c2)c1)(C1CCCCC1)C1CCCCC1. The minimum Gasteiger partial charge on any atom is -0.508 e. The predicted octanol–water partition coefficient (Wildman–Crippen LogP) is 8.38. The Bertz CT molecular complexity index is 1120. The lowest BCUT2D eigenvalue weighted by Gasteiger charge is -2.39. The van der Waals surface area contributed by atoms with Crippen LogP contribution in [0.25, 0.3) is 22.3 Å². The third-order valence-corrected chi connectivity index (χ3v) is 12.2. The third kappa shape index (κ3) is 4.56. The van der Waals surface area contributed by atoms with Gasteiger partial charge in [-0.25, -0.2) is 0 Å². The Kier molecular flexibility index (Phi) is 6.74. The van der Waals surface area contributed by atoms with Crippen LogP contribution in [-0.2, 0) is 4.57 Å². The number of hydrogen-bond donors (Lipinski definition) is 1. The van der Waals surface area contributed by atoms with Gasteiger partial charge in [0.2, 0.25) is 0 Å². The van der Waals surface area contributed by atoms with Crippen molar-refractivity contribution < 1.29 is 9.67 Å². The van der Waals surface area contributed by atoms with E-state index in [2.05, 4.69) is 48.5 Å². The molecule has 3 heteroatoms. The normalized spacial score (nSPS) is 18.3. The Labute approximate surface area is 198 Å². The lowest BCUT2D eigenvalue weighted by Crippen LogP contribution is -2.30. The summed E-state index contributed by atoms with van der Waals surface area (Å²) in [6.07, 6.45) is 11.9. The summed E-state index contributed by atoms with van der Waals surface area (Å²) in [6.45, 7) is 0. The van der Waals surface area contributed by atoms with E-state index in [-0.39, 0.29) is 5.75 Å². The zero-order chi connectivity index (χ0) is 22.7. The Morgan fingerprint density at radius 3 is 1.79 bits per heavy atom. The highest BCUT2D eigenvalue weighted by molar-refractivity contribution is 7.73. The minimum absolute atomic E-state index is 0.275. The molecule has 0 aliphatic heterocycles. The number of aromatic hydroxyl groups is 1. The van der Waals surface area contributed by atoms with Crippen molar-refractivity contribution >= 4 is 12.4 Å². The first-order valence-corrected chi connectivity index (χ1v) is 14.6. The van der Waals surface area contributed by atoms with Crippen LogP contribution in [0.5, 0.6) is 5.75 Å². The molecular formula is C30H35O2P. The number of rotatable bonds is 5. The van der Waals surface area contributed by atoms with Gasteiger partial charge in [0.1, 0.15) is 12.9 Å². The third-order valence-electron chi connectivity index (χ3n) is 7.87. The Morgan fingerprint density at radius 1 is 0.606 bits per heavy atom. The quantitative estimate of drug-likeness (QED) is 0.390. The molecule has 5 rings (SSSR count). The predicted molar refractivity (Wildman–Crippen MR) is 140 cm³/mol. The summed E-state index contributed by atoms with van der Waals surface area (Å²) >= 11 is 0. The molecular weight excluding hydrogens is 423 g/mol. The van der Waals surface area contributed by atoms with E-state index in [9.17, 15) is 5.11 Å². The largest absolute Gasteiger partial charge is 0.508 e. The maximum atomic E-state index is 15.3. The second-order valence-corrected chi connectivity index (χ2v) is 13.3. The molecule has 3 aromatic carbocycles. The lowest BCUT2D eigenvalue weighted by molar-refractivity contribution is 0.453. The van der Waals surface area contributed by atoms with Crippen molar-refractivity contribution in [2.24, 2.45) is 0 Å². The van der Waals surface area contributed by atoms with Crippen LogP contribution in [0.15, 0.2) is 72.8 Å². The fraction of sp³-hybridized carbons (Fsp3) is 0.400. The van der Waals surface area contributed by atoms with Crippen molar-refractivity contribution in [1.82, 2.24) is 0 Å². The van der Waals surface area contributed by atoms with Crippen LogP contribution in [0.2, 0.25) is 0 Å². The fourth-order valence-corrected chi connectivity index (χ4v) is 10.7. The smallest absolute Gasteiger partial charge is 0.122 e. The van der Waals surface area contributed by atoms with Gasteiger partial charge in [-0.2, -0.15) is 0 Å². The van der Waals surface area contributed by atoms with Gasteiger partial charge in [0.15, 0.2) is 0 Å². The highest BCUT2D eigenvalue weighted by Crippen LogP contribution is 2.62. The molecule has 0 bridgehead atoms. The molecule has 0 saturated heterocycles. The zero-order valence-corrected chi connectivity index (χ0v) is 20.4. The highest BCUT2D eigenvalue weighted by atomic mass is 31.2. The summed E-state index contributed by atoms with van der Waals surface area (Å²) in [5.41, 5.74) is 5.01. The summed E-state index contributed by atoms with van der Waals surface area (Å²) < 4.78 is 15.3. The standard InChI is InChI=1S/C30H35O2P/c31-26-14-10-12-24(22-26)23-11-9-13-25(21-23)29-19-7-8-20-30(29)33(32,27-15-3-1-4-16-27)28-17-5-2-6-18-28/h7-14,19-22,27-28,31H,1-6,15-18H2. The topological polar surface area (TPSA) is 37.3 Å². The van der Waals surface area contributed by atoms with E-state index >= 15 is 4.57 Å². The van der Waals surface area contributed by atoms with Gasteiger partial charge in [-0.3, -0.25) is 0 Å². The Morgan fingerprint density at radius 2 is 1.15 bits per heavy atom. The Hall–Kier alpha value is -2.31. The molecule has 1 N–H and O–H groups in total. The highest BCUT2D eigenvalue weighted by Gasteiger charge is 2.43. The zero-order valence-electron chi connectivity index (χ0n) is 19.5. The van der Waals surface area contributed by atoms with Gasteiger partial charge in [0.05, 0.1) is 0 Å². The molecule has 33 heavy (non-hydrogen) atoms. The molecule has 0 aromatic heterocycles. The van der Waals surface area contributed by atoms with Crippen LogP contribution in [0.4, 0.5) is 0 Å². The molecule has 0 unspecified atom stereocenters. The summed E-state index contributed by atoms with van der Waals surface area (Å²) in [6, 6.07) is 24.5. The summed E-state index contributed by atoms with van der Waals surface area (Å²) in [4.78, 5) is 0. The lowest BCUT2D eigenvalue weighted by atomic mass is 9.98. The first-order valence-electron chi connectivity index (χ1n) is 12.7. The van der Waals surface area contributed by atoms with E-state index in [0.29, 0.717) is 11.3 Å². The van der Waals surface area contributed by atoms with Crippen LogP contribution in [0, 0.1) is 0 Å². The van der Waals surface area contributed by atoms with Crippen molar-refractivity contribution in [3.63, 3.8) is 0 Å². The van der Waals surface area contributed by atoms with Gasteiger partial charge in [0.25, 0.3) is 0 Å². The van der Waals surface area contributed by atoms with Crippen LogP contribution in [0.1, 0.15) is 64.2 Å². The first kappa shape index (κ1) is 22.5. The van der Waals surface area contributed by atoms with Crippen LogP contribution >= 0.6 is 7.14 Å². The van der Waals surface area contributed by atoms with E-state index in [4.69, 9.17) is 0 Å². The van der Waals surface area contributed by atoms with Crippen molar-refractivity contribution in [2.75, 3.05) is 0 Å². The maximum absolute atomic E-state index is 15.3. The van der Waals surface area contributed by atoms with Gasteiger partial charge >= 0.3 is 0 Å². The van der Waals surface area contributed by atoms with Crippen molar-refractivity contribution in [3.05, 3.63) is 72.8 Å². The van der Waals surface area contributed by atoms with Crippen molar-refractivity contribution in [2.45, 2.75) is 75.5 Å². The molecule has 0 spiro atoms. The van der Waals surface area contributed by atoms with E-state index in [1.54, 1.807) is 12.1 Å². The molecule has 0 amide bonds. The fourth-order valence-electron chi connectivity index (χ4n) is 6.20. The van der Waals surface area contributed by atoms with E-state index in [1.165, 1.54) is 38.5 Å². The van der Waals surface area contributed by atoms with Crippen LogP contribution < -0.4 is 5.30 Å². The number of hydrogen-bond acceptors (Lipinski definition) is 2. The second-order valence-electron chi connectivity index (χ2n) is 9.94.